The highest BCUT2D eigenvalue weighted by molar-refractivity contribution is 8.01. The molecule has 3 atom stereocenters. The van der Waals surface area contributed by atoms with E-state index < -0.39 is 16.8 Å². The fraction of sp³-hybridized carbons (Fsp3) is 0.370. The number of carbonyl (C=O) groups is 3. The first kappa shape index (κ1) is 23.5. The Morgan fingerprint density at radius 2 is 1.80 bits per heavy atom. The molecule has 7 nitrogen and oxygen atoms in total. The standard InChI is InChI=1S/C27H30N4O3S/c1-15(2)29-23(32)21(13-16-14-28-20-12-8-7-9-17(16)20)30-24(33)22-27(3,4)35-26-19-11-6-5-10-18(19)25(34)31(22)26/h5-12,14-15,21-22,26,28H,13H2,1-4H3,(H,29,32)(H,30,33)/t21-,22+,26+/m0/s1. The summed E-state index contributed by atoms with van der Waals surface area (Å²) < 4.78 is -0.516. The van der Waals surface area contributed by atoms with Gasteiger partial charge in [0, 0.05) is 39.9 Å². The van der Waals surface area contributed by atoms with E-state index in [0.29, 0.717) is 12.0 Å². The summed E-state index contributed by atoms with van der Waals surface area (Å²) in [5.41, 5.74) is 3.52. The van der Waals surface area contributed by atoms with E-state index in [0.717, 1.165) is 22.0 Å². The van der Waals surface area contributed by atoms with Gasteiger partial charge in [-0.15, -0.1) is 11.8 Å². The minimum atomic E-state index is -0.774. The molecule has 0 unspecified atom stereocenters. The number of aromatic nitrogens is 1. The van der Waals surface area contributed by atoms with Gasteiger partial charge in [-0.1, -0.05) is 36.4 Å². The van der Waals surface area contributed by atoms with Crippen molar-refractivity contribution in [3.63, 3.8) is 0 Å². The molecule has 0 bridgehead atoms. The monoisotopic (exact) mass is 490 g/mol. The zero-order valence-electron chi connectivity index (χ0n) is 20.3. The van der Waals surface area contributed by atoms with Gasteiger partial charge < -0.3 is 20.5 Å². The van der Waals surface area contributed by atoms with Gasteiger partial charge >= 0.3 is 0 Å². The maximum atomic E-state index is 13.8. The number of benzene rings is 2. The molecular weight excluding hydrogens is 460 g/mol. The second-order valence-electron chi connectivity index (χ2n) is 10.1. The third kappa shape index (κ3) is 4.10. The molecule has 3 aromatic rings. The van der Waals surface area contributed by atoms with Crippen LogP contribution in [0.3, 0.4) is 0 Å². The fourth-order valence-electron chi connectivity index (χ4n) is 5.17. The maximum absolute atomic E-state index is 13.8. The summed E-state index contributed by atoms with van der Waals surface area (Å²) in [5.74, 6) is -0.687. The summed E-state index contributed by atoms with van der Waals surface area (Å²) in [4.78, 5) is 45.2. The minimum Gasteiger partial charge on any atom is -0.361 e. The van der Waals surface area contributed by atoms with Gasteiger partial charge in [-0.2, -0.15) is 0 Å². The number of carbonyl (C=O) groups excluding carboxylic acids is 3. The van der Waals surface area contributed by atoms with Crippen LogP contribution in [0.5, 0.6) is 0 Å². The average Bonchev–Trinajstić information content (AvgIpc) is 3.42. The first-order valence-corrected chi connectivity index (χ1v) is 12.8. The summed E-state index contributed by atoms with van der Waals surface area (Å²) in [6.45, 7) is 7.76. The molecular formula is C27H30N4O3S. The number of para-hydroxylation sites is 1. The molecule has 0 spiro atoms. The molecule has 5 rings (SSSR count). The van der Waals surface area contributed by atoms with Gasteiger partial charge in [0.15, 0.2) is 0 Å². The van der Waals surface area contributed by atoms with Gasteiger partial charge in [-0.05, 0) is 51.0 Å². The number of aromatic amines is 1. The molecule has 2 aromatic carbocycles. The molecule has 3 heterocycles. The lowest BCUT2D eigenvalue weighted by Crippen LogP contribution is -2.58. The molecule has 35 heavy (non-hydrogen) atoms. The Morgan fingerprint density at radius 1 is 1.09 bits per heavy atom. The van der Waals surface area contributed by atoms with Crippen molar-refractivity contribution in [2.24, 2.45) is 0 Å². The van der Waals surface area contributed by atoms with Crippen LogP contribution in [-0.2, 0) is 16.0 Å². The highest BCUT2D eigenvalue weighted by Crippen LogP contribution is 2.56. The minimum absolute atomic E-state index is 0.0672. The lowest BCUT2D eigenvalue weighted by atomic mass is 9.98. The molecule has 0 saturated carbocycles. The van der Waals surface area contributed by atoms with Gasteiger partial charge in [0.2, 0.25) is 11.8 Å². The molecule has 0 radical (unpaired) electrons. The number of amides is 3. The predicted octanol–water partition coefficient (Wildman–Crippen LogP) is 3.77. The van der Waals surface area contributed by atoms with Crippen molar-refractivity contribution in [1.29, 1.82) is 0 Å². The SMILES string of the molecule is CC(C)NC(=O)[C@H](Cc1c[nH]c2ccccc12)NC(=O)[C@H]1N2C(=O)c3ccccc3[C@H]2SC1(C)C. The Balaban J connectivity index is 1.43. The Hall–Kier alpha value is -3.26. The van der Waals surface area contributed by atoms with Crippen molar-refractivity contribution in [1.82, 2.24) is 20.5 Å². The second kappa shape index (κ2) is 8.75. The topological polar surface area (TPSA) is 94.3 Å². The molecule has 0 aliphatic carbocycles. The molecule has 1 fully saturated rings. The second-order valence-corrected chi connectivity index (χ2v) is 11.8. The van der Waals surface area contributed by atoms with Crippen molar-refractivity contribution >= 4 is 40.4 Å². The number of H-pyrrole nitrogens is 1. The maximum Gasteiger partial charge on any atom is 0.256 e. The van der Waals surface area contributed by atoms with Crippen molar-refractivity contribution in [2.45, 2.75) is 62.4 Å². The number of thioether (sulfide) groups is 1. The van der Waals surface area contributed by atoms with Crippen LogP contribution in [0.15, 0.2) is 54.7 Å². The zero-order valence-corrected chi connectivity index (χ0v) is 21.1. The van der Waals surface area contributed by atoms with E-state index in [1.54, 1.807) is 16.7 Å². The lowest BCUT2D eigenvalue weighted by Gasteiger charge is -2.31. The van der Waals surface area contributed by atoms with Gasteiger partial charge in [0.25, 0.3) is 5.91 Å². The zero-order chi connectivity index (χ0) is 24.9. The third-order valence-electron chi connectivity index (χ3n) is 6.71. The number of rotatable bonds is 6. The average molecular weight is 491 g/mol. The predicted molar refractivity (Wildman–Crippen MR) is 138 cm³/mol. The molecule has 8 heteroatoms. The van der Waals surface area contributed by atoms with Crippen LogP contribution in [0.2, 0.25) is 0 Å². The van der Waals surface area contributed by atoms with E-state index in [1.807, 2.05) is 82.4 Å². The Labute approximate surface area is 209 Å². The van der Waals surface area contributed by atoms with Crippen molar-refractivity contribution in [3.05, 3.63) is 71.4 Å². The van der Waals surface area contributed by atoms with Crippen molar-refractivity contribution in [2.75, 3.05) is 0 Å². The molecule has 2 aliphatic heterocycles. The van der Waals surface area contributed by atoms with Crippen molar-refractivity contribution in [3.8, 4) is 0 Å². The van der Waals surface area contributed by atoms with E-state index in [9.17, 15) is 14.4 Å². The molecule has 1 saturated heterocycles. The van der Waals surface area contributed by atoms with Crippen LogP contribution >= 0.6 is 11.8 Å². The van der Waals surface area contributed by atoms with Crippen molar-refractivity contribution < 1.29 is 14.4 Å². The largest absolute Gasteiger partial charge is 0.361 e. The van der Waals surface area contributed by atoms with E-state index in [4.69, 9.17) is 0 Å². The van der Waals surface area contributed by atoms with Crippen LogP contribution < -0.4 is 10.6 Å². The highest BCUT2D eigenvalue weighted by atomic mass is 32.2. The lowest BCUT2D eigenvalue weighted by molar-refractivity contribution is -0.132. The molecule has 3 amide bonds. The third-order valence-corrected chi connectivity index (χ3v) is 8.24. The van der Waals surface area contributed by atoms with Crippen LogP contribution in [0.4, 0.5) is 0 Å². The summed E-state index contributed by atoms with van der Waals surface area (Å²) in [5, 5.41) is 6.76. The quantitative estimate of drug-likeness (QED) is 0.490. The number of hydrogen-bond donors (Lipinski definition) is 3. The summed E-state index contributed by atoms with van der Waals surface area (Å²) >= 11 is 1.61. The van der Waals surface area contributed by atoms with Crippen LogP contribution in [0.1, 0.15) is 54.6 Å². The molecule has 182 valence electrons. The number of nitrogens with zero attached hydrogens (tertiary/aromatic N) is 1. The number of fused-ring (bicyclic) bond motifs is 4. The fourth-order valence-corrected chi connectivity index (χ4v) is 6.76. The van der Waals surface area contributed by atoms with Gasteiger partial charge in [0.05, 0.1) is 0 Å². The first-order chi connectivity index (χ1) is 16.7. The highest BCUT2D eigenvalue weighted by Gasteiger charge is 2.57. The number of nitrogens with one attached hydrogen (secondary N) is 3. The van der Waals surface area contributed by atoms with E-state index >= 15 is 0 Å². The van der Waals surface area contributed by atoms with Gasteiger partial charge in [0.1, 0.15) is 17.5 Å². The van der Waals surface area contributed by atoms with E-state index in [2.05, 4.69) is 15.6 Å². The summed E-state index contributed by atoms with van der Waals surface area (Å²) in [6, 6.07) is 13.9. The molecule has 3 N–H and O–H groups in total. The van der Waals surface area contributed by atoms with Crippen LogP contribution in [-0.4, -0.2) is 50.5 Å². The summed E-state index contributed by atoms with van der Waals surface area (Å²) in [6.07, 6.45) is 2.23. The number of hydrogen-bond acceptors (Lipinski definition) is 4. The van der Waals surface area contributed by atoms with Gasteiger partial charge in [-0.3, -0.25) is 14.4 Å². The Morgan fingerprint density at radius 3 is 2.57 bits per heavy atom. The first-order valence-electron chi connectivity index (χ1n) is 11.9. The Kier molecular flexibility index (Phi) is 5.87. The van der Waals surface area contributed by atoms with Crippen LogP contribution in [0, 0.1) is 0 Å². The summed E-state index contributed by atoms with van der Waals surface area (Å²) in [7, 11) is 0. The van der Waals surface area contributed by atoms with Gasteiger partial charge in [-0.25, -0.2) is 0 Å². The Bertz CT molecular complexity index is 1310. The normalized spacial score (nSPS) is 21.2. The van der Waals surface area contributed by atoms with E-state index in [-0.39, 0.29) is 29.1 Å². The molecule has 1 aromatic heterocycles. The van der Waals surface area contributed by atoms with E-state index in [1.165, 1.54) is 0 Å². The smallest absolute Gasteiger partial charge is 0.256 e. The molecule has 2 aliphatic rings. The van der Waals surface area contributed by atoms with Crippen LogP contribution in [0.25, 0.3) is 10.9 Å².